The van der Waals surface area contributed by atoms with Crippen molar-refractivity contribution >= 4 is 0 Å². The molecule has 1 aromatic rings. The molecule has 1 rings (SSSR count). The Bertz CT molecular complexity index is 313. The topological polar surface area (TPSA) is 9.23 Å². The maximum atomic E-state index is 5.30. The summed E-state index contributed by atoms with van der Waals surface area (Å²) in [5.74, 6) is 0.567. The molecule has 1 heteroatoms. The fraction of sp³-hybridized carbons (Fsp3) is 0.571. The highest BCUT2D eigenvalue weighted by atomic mass is 16.5. The lowest BCUT2D eigenvalue weighted by Gasteiger charge is -2.28. The molecule has 0 aliphatic rings. The van der Waals surface area contributed by atoms with E-state index in [-0.39, 0.29) is 5.41 Å². The minimum absolute atomic E-state index is 0.0929. The second-order valence-electron chi connectivity index (χ2n) is 5.06. The van der Waals surface area contributed by atoms with Crippen LogP contribution in [0, 0.1) is 0 Å². The molecule has 1 aromatic carbocycles. The van der Waals surface area contributed by atoms with Crippen LogP contribution in [0.25, 0.3) is 0 Å². The van der Waals surface area contributed by atoms with Gasteiger partial charge in [-0.25, -0.2) is 0 Å². The lowest BCUT2D eigenvalue weighted by molar-refractivity contribution is 0.146. The van der Waals surface area contributed by atoms with Gasteiger partial charge in [-0.1, -0.05) is 52.0 Å². The molecule has 0 saturated heterocycles. The van der Waals surface area contributed by atoms with Crippen molar-refractivity contribution in [1.29, 1.82) is 0 Å². The number of rotatable bonds is 4. The Balaban J connectivity index is 3.12. The molecule has 0 heterocycles. The highest BCUT2D eigenvalue weighted by Gasteiger charge is 2.23. The van der Waals surface area contributed by atoms with Gasteiger partial charge in [-0.3, -0.25) is 0 Å². The van der Waals surface area contributed by atoms with Crippen molar-refractivity contribution in [2.24, 2.45) is 0 Å². The first-order valence-corrected chi connectivity index (χ1v) is 5.57. The summed E-state index contributed by atoms with van der Waals surface area (Å²) in [5, 5.41) is 0. The Morgan fingerprint density at radius 3 is 2.33 bits per heavy atom. The molecule has 0 fully saturated rings. The second kappa shape index (κ2) is 4.80. The largest absolute Gasteiger partial charge is 0.384 e. The predicted molar refractivity (Wildman–Crippen MR) is 65.4 cm³/mol. The van der Waals surface area contributed by atoms with Gasteiger partial charge in [-0.2, -0.15) is 0 Å². The van der Waals surface area contributed by atoms with Gasteiger partial charge in [0.2, 0.25) is 0 Å². The molecule has 84 valence electrons. The standard InChI is InChI=1S/C14H22O/c1-11(2)12-8-6-7-9-13(12)14(3,4)10-15-5/h6-9,11H,10H2,1-5H3. The number of methoxy groups -OCH3 is 1. The van der Waals surface area contributed by atoms with Crippen molar-refractivity contribution in [2.45, 2.75) is 39.0 Å². The highest BCUT2D eigenvalue weighted by molar-refractivity contribution is 5.35. The molecule has 0 bridgehead atoms. The lowest BCUT2D eigenvalue weighted by Crippen LogP contribution is -2.25. The molecule has 0 unspecified atom stereocenters. The van der Waals surface area contributed by atoms with Crippen molar-refractivity contribution in [1.82, 2.24) is 0 Å². The first kappa shape index (κ1) is 12.3. The van der Waals surface area contributed by atoms with Gasteiger partial charge in [0.05, 0.1) is 6.61 Å². The first-order valence-electron chi connectivity index (χ1n) is 5.57. The van der Waals surface area contributed by atoms with E-state index in [2.05, 4.69) is 52.0 Å². The van der Waals surface area contributed by atoms with Gasteiger partial charge in [0, 0.05) is 12.5 Å². The van der Waals surface area contributed by atoms with Crippen LogP contribution in [-0.4, -0.2) is 13.7 Å². The van der Waals surface area contributed by atoms with Gasteiger partial charge in [-0.15, -0.1) is 0 Å². The molecule has 0 amide bonds. The van der Waals surface area contributed by atoms with Crippen LogP contribution in [0.5, 0.6) is 0 Å². The average molecular weight is 206 g/mol. The van der Waals surface area contributed by atoms with Crippen LogP contribution in [-0.2, 0) is 10.2 Å². The maximum absolute atomic E-state index is 5.30. The van der Waals surface area contributed by atoms with Gasteiger partial charge in [0.1, 0.15) is 0 Å². The van der Waals surface area contributed by atoms with E-state index >= 15 is 0 Å². The molecule has 0 aromatic heterocycles. The number of hydrogen-bond donors (Lipinski definition) is 0. The van der Waals surface area contributed by atoms with Crippen molar-refractivity contribution in [3.8, 4) is 0 Å². The average Bonchev–Trinajstić information content (AvgIpc) is 2.17. The molecule has 1 nitrogen and oxygen atoms in total. The molecule has 0 spiro atoms. The van der Waals surface area contributed by atoms with Crippen molar-refractivity contribution in [2.75, 3.05) is 13.7 Å². The summed E-state index contributed by atoms with van der Waals surface area (Å²) in [7, 11) is 1.76. The summed E-state index contributed by atoms with van der Waals surface area (Å²) in [6, 6.07) is 8.66. The molecule has 0 atom stereocenters. The number of ether oxygens (including phenoxy) is 1. The summed E-state index contributed by atoms with van der Waals surface area (Å²) in [6.07, 6.45) is 0. The Labute approximate surface area is 93.5 Å². The molecular weight excluding hydrogens is 184 g/mol. The Kier molecular flexibility index (Phi) is 3.92. The van der Waals surface area contributed by atoms with E-state index < -0.39 is 0 Å². The van der Waals surface area contributed by atoms with E-state index in [4.69, 9.17) is 4.74 Å². The third-order valence-corrected chi connectivity index (χ3v) is 2.82. The monoisotopic (exact) mass is 206 g/mol. The van der Waals surface area contributed by atoms with E-state index in [1.165, 1.54) is 11.1 Å². The van der Waals surface area contributed by atoms with Crippen molar-refractivity contribution in [3.63, 3.8) is 0 Å². The van der Waals surface area contributed by atoms with Crippen LogP contribution >= 0.6 is 0 Å². The normalized spacial score (nSPS) is 12.1. The Hall–Kier alpha value is -0.820. The minimum Gasteiger partial charge on any atom is -0.384 e. The zero-order chi connectivity index (χ0) is 11.5. The summed E-state index contributed by atoms with van der Waals surface area (Å²) < 4.78 is 5.30. The number of hydrogen-bond acceptors (Lipinski definition) is 1. The molecule has 15 heavy (non-hydrogen) atoms. The Morgan fingerprint density at radius 1 is 1.20 bits per heavy atom. The van der Waals surface area contributed by atoms with Gasteiger partial charge in [0.15, 0.2) is 0 Å². The third kappa shape index (κ3) is 2.82. The predicted octanol–water partition coefficient (Wildman–Crippen LogP) is 3.73. The van der Waals surface area contributed by atoms with E-state index in [0.717, 1.165) is 6.61 Å². The number of benzene rings is 1. The summed E-state index contributed by atoms with van der Waals surface area (Å²) in [5.41, 5.74) is 2.93. The van der Waals surface area contributed by atoms with Crippen LogP contribution in [0.15, 0.2) is 24.3 Å². The van der Waals surface area contributed by atoms with Crippen molar-refractivity contribution < 1.29 is 4.74 Å². The Morgan fingerprint density at radius 2 is 1.80 bits per heavy atom. The first-order chi connectivity index (χ1) is 6.99. The van der Waals surface area contributed by atoms with Crippen LogP contribution < -0.4 is 0 Å². The zero-order valence-corrected chi connectivity index (χ0v) is 10.5. The van der Waals surface area contributed by atoms with Crippen LogP contribution in [0.2, 0.25) is 0 Å². The second-order valence-corrected chi connectivity index (χ2v) is 5.06. The molecule has 0 N–H and O–H groups in total. The van der Waals surface area contributed by atoms with E-state index in [1.54, 1.807) is 7.11 Å². The van der Waals surface area contributed by atoms with Gasteiger partial charge in [-0.05, 0) is 17.0 Å². The van der Waals surface area contributed by atoms with Gasteiger partial charge < -0.3 is 4.74 Å². The quantitative estimate of drug-likeness (QED) is 0.729. The molecule has 0 saturated carbocycles. The highest BCUT2D eigenvalue weighted by Crippen LogP contribution is 2.30. The molecule has 0 aliphatic carbocycles. The summed E-state index contributed by atoms with van der Waals surface area (Å²) in [6.45, 7) is 9.70. The van der Waals surface area contributed by atoms with E-state index in [1.807, 2.05) is 0 Å². The smallest absolute Gasteiger partial charge is 0.0553 e. The molecule has 0 aliphatic heterocycles. The fourth-order valence-electron chi connectivity index (χ4n) is 2.06. The third-order valence-electron chi connectivity index (χ3n) is 2.82. The van der Waals surface area contributed by atoms with Crippen molar-refractivity contribution in [3.05, 3.63) is 35.4 Å². The summed E-state index contributed by atoms with van der Waals surface area (Å²) >= 11 is 0. The SMILES string of the molecule is COCC(C)(C)c1ccccc1C(C)C. The van der Waals surface area contributed by atoms with Gasteiger partial charge in [0.25, 0.3) is 0 Å². The van der Waals surface area contributed by atoms with Crippen LogP contribution in [0.3, 0.4) is 0 Å². The summed E-state index contributed by atoms with van der Waals surface area (Å²) in [4.78, 5) is 0. The zero-order valence-electron chi connectivity index (χ0n) is 10.5. The maximum Gasteiger partial charge on any atom is 0.0553 e. The van der Waals surface area contributed by atoms with E-state index in [9.17, 15) is 0 Å². The van der Waals surface area contributed by atoms with E-state index in [0.29, 0.717) is 5.92 Å². The van der Waals surface area contributed by atoms with Crippen LogP contribution in [0.1, 0.15) is 44.7 Å². The van der Waals surface area contributed by atoms with Crippen LogP contribution in [0.4, 0.5) is 0 Å². The molecule has 0 radical (unpaired) electrons. The lowest BCUT2D eigenvalue weighted by atomic mass is 9.80. The van der Waals surface area contributed by atoms with Gasteiger partial charge >= 0.3 is 0 Å². The molecular formula is C14H22O. The fourth-order valence-corrected chi connectivity index (χ4v) is 2.06. The minimum atomic E-state index is 0.0929.